The standard InChI is InChI=1S/C12H13ClN4O/c13-8-1-2-9-10(7-8)15-12(16-11(9)14)17-3-5-18-6-4-17/h1-2,7H,3-6H2,(H2,14,15,16). The maximum absolute atomic E-state index is 5.97. The molecule has 0 atom stereocenters. The third-order valence-electron chi connectivity index (χ3n) is 2.97. The van der Waals surface area contributed by atoms with Gasteiger partial charge in [-0.05, 0) is 18.2 Å². The molecule has 1 aromatic heterocycles. The van der Waals surface area contributed by atoms with Crippen LogP contribution >= 0.6 is 11.6 Å². The SMILES string of the molecule is Nc1nc(N2CCOCC2)nc2cc(Cl)ccc12. The summed E-state index contributed by atoms with van der Waals surface area (Å²) in [6.45, 7) is 2.95. The van der Waals surface area contributed by atoms with Gasteiger partial charge in [-0.15, -0.1) is 0 Å². The Labute approximate surface area is 110 Å². The predicted molar refractivity (Wildman–Crippen MR) is 72.0 cm³/mol. The molecule has 1 saturated heterocycles. The highest BCUT2D eigenvalue weighted by Crippen LogP contribution is 2.24. The van der Waals surface area contributed by atoms with Crippen molar-refractivity contribution in [2.45, 2.75) is 0 Å². The monoisotopic (exact) mass is 264 g/mol. The van der Waals surface area contributed by atoms with Gasteiger partial charge < -0.3 is 15.4 Å². The number of fused-ring (bicyclic) bond motifs is 1. The largest absolute Gasteiger partial charge is 0.383 e. The van der Waals surface area contributed by atoms with Gasteiger partial charge in [-0.3, -0.25) is 0 Å². The minimum Gasteiger partial charge on any atom is -0.383 e. The first-order valence-electron chi connectivity index (χ1n) is 5.79. The Morgan fingerprint density at radius 1 is 1.22 bits per heavy atom. The van der Waals surface area contributed by atoms with Crippen molar-refractivity contribution < 1.29 is 4.74 Å². The molecular formula is C12H13ClN4O. The first-order valence-corrected chi connectivity index (χ1v) is 6.17. The number of hydrogen-bond donors (Lipinski definition) is 1. The van der Waals surface area contributed by atoms with Gasteiger partial charge in [-0.1, -0.05) is 11.6 Å². The maximum Gasteiger partial charge on any atom is 0.228 e. The molecule has 0 saturated carbocycles. The lowest BCUT2D eigenvalue weighted by Gasteiger charge is -2.27. The van der Waals surface area contributed by atoms with Crippen molar-refractivity contribution in [2.24, 2.45) is 0 Å². The summed E-state index contributed by atoms with van der Waals surface area (Å²) in [7, 11) is 0. The topological polar surface area (TPSA) is 64.3 Å². The first-order chi connectivity index (χ1) is 8.74. The molecule has 5 nitrogen and oxygen atoms in total. The maximum atomic E-state index is 5.97. The number of rotatable bonds is 1. The number of nitrogens with two attached hydrogens (primary N) is 1. The fourth-order valence-electron chi connectivity index (χ4n) is 2.02. The number of anilines is 2. The van der Waals surface area contributed by atoms with Gasteiger partial charge in [0.15, 0.2) is 0 Å². The molecule has 6 heteroatoms. The number of nitrogen functional groups attached to an aromatic ring is 1. The molecule has 2 aromatic rings. The summed E-state index contributed by atoms with van der Waals surface area (Å²) in [5.41, 5.74) is 6.74. The second-order valence-corrected chi connectivity index (χ2v) is 4.61. The van der Waals surface area contributed by atoms with Gasteiger partial charge in [0.05, 0.1) is 18.7 Å². The van der Waals surface area contributed by atoms with Crippen LogP contribution in [-0.4, -0.2) is 36.3 Å². The minimum atomic E-state index is 0.484. The molecule has 1 aromatic carbocycles. The van der Waals surface area contributed by atoms with Crippen LogP contribution in [0.1, 0.15) is 0 Å². The number of nitrogens with zero attached hydrogens (tertiary/aromatic N) is 3. The third kappa shape index (κ3) is 2.07. The highest BCUT2D eigenvalue weighted by molar-refractivity contribution is 6.31. The zero-order valence-electron chi connectivity index (χ0n) is 9.77. The number of ether oxygens (including phenoxy) is 1. The Hall–Kier alpha value is -1.59. The number of hydrogen-bond acceptors (Lipinski definition) is 5. The van der Waals surface area contributed by atoms with E-state index in [0.717, 1.165) is 24.0 Å². The van der Waals surface area contributed by atoms with Crippen molar-refractivity contribution >= 4 is 34.3 Å². The number of benzene rings is 1. The summed E-state index contributed by atoms with van der Waals surface area (Å²) in [6.07, 6.45) is 0. The Balaban J connectivity index is 2.07. The zero-order valence-corrected chi connectivity index (χ0v) is 10.5. The lowest BCUT2D eigenvalue weighted by molar-refractivity contribution is 0.122. The van der Waals surface area contributed by atoms with Crippen LogP contribution in [0.25, 0.3) is 10.9 Å². The average molecular weight is 265 g/mol. The van der Waals surface area contributed by atoms with Crippen molar-refractivity contribution in [2.75, 3.05) is 36.9 Å². The minimum absolute atomic E-state index is 0.484. The lowest BCUT2D eigenvalue weighted by Crippen LogP contribution is -2.37. The van der Waals surface area contributed by atoms with Crippen LogP contribution in [0, 0.1) is 0 Å². The molecule has 0 radical (unpaired) electrons. The van der Waals surface area contributed by atoms with Gasteiger partial charge in [0.1, 0.15) is 5.82 Å². The zero-order chi connectivity index (χ0) is 12.5. The summed E-state index contributed by atoms with van der Waals surface area (Å²) < 4.78 is 5.31. The van der Waals surface area contributed by atoms with E-state index in [9.17, 15) is 0 Å². The molecule has 1 aliphatic rings. The molecule has 2 N–H and O–H groups in total. The first kappa shape index (κ1) is 11.5. The number of aromatic nitrogens is 2. The van der Waals surface area contributed by atoms with Crippen molar-refractivity contribution in [3.8, 4) is 0 Å². The number of morpholine rings is 1. The van der Waals surface area contributed by atoms with E-state index >= 15 is 0 Å². The molecule has 2 heterocycles. The van der Waals surface area contributed by atoms with Crippen molar-refractivity contribution in [1.82, 2.24) is 9.97 Å². The molecule has 1 fully saturated rings. The van der Waals surface area contributed by atoms with Gasteiger partial charge >= 0.3 is 0 Å². The molecule has 0 bridgehead atoms. The second-order valence-electron chi connectivity index (χ2n) is 4.17. The summed E-state index contributed by atoms with van der Waals surface area (Å²) in [4.78, 5) is 10.9. The molecule has 0 spiro atoms. The van der Waals surface area contributed by atoms with E-state index < -0.39 is 0 Å². The van der Waals surface area contributed by atoms with E-state index in [-0.39, 0.29) is 0 Å². The van der Waals surface area contributed by atoms with Crippen LogP contribution in [0.5, 0.6) is 0 Å². The van der Waals surface area contributed by atoms with Crippen LogP contribution in [0.15, 0.2) is 18.2 Å². The fourth-order valence-corrected chi connectivity index (χ4v) is 2.19. The number of halogens is 1. The Kier molecular flexibility index (Phi) is 2.93. The van der Waals surface area contributed by atoms with E-state index in [1.54, 1.807) is 12.1 Å². The van der Waals surface area contributed by atoms with Gasteiger partial charge in [0.2, 0.25) is 5.95 Å². The summed E-state index contributed by atoms with van der Waals surface area (Å²) in [6, 6.07) is 5.44. The average Bonchev–Trinajstić information content (AvgIpc) is 2.39. The molecule has 0 amide bonds. The molecule has 94 valence electrons. The van der Waals surface area contributed by atoms with E-state index in [4.69, 9.17) is 22.1 Å². The molecule has 0 aliphatic carbocycles. The lowest BCUT2D eigenvalue weighted by atomic mass is 10.2. The van der Waals surface area contributed by atoms with Gasteiger partial charge in [0.25, 0.3) is 0 Å². The Morgan fingerprint density at radius 2 is 2.00 bits per heavy atom. The summed E-state index contributed by atoms with van der Waals surface area (Å²) >= 11 is 5.97. The Morgan fingerprint density at radius 3 is 2.78 bits per heavy atom. The van der Waals surface area contributed by atoms with Crippen LogP contribution in [0.3, 0.4) is 0 Å². The van der Waals surface area contributed by atoms with Crippen LogP contribution in [0.4, 0.5) is 11.8 Å². The van der Waals surface area contributed by atoms with Crippen molar-refractivity contribution in [1.29, 1.82) is 0 Å². The summed E-state index contributed by atoms with van der Waals surface area (Å²) in [5.74, 6) is 1.13. The predicted octanol–water partition coefficient (Wildman–Crippen LogP) is 1.70. The third-order valence-corrected chi connectivity index (χ3v) is 3.21. The molecule has 0 unspecified atom stereocenters. The van der Waals surface area contributed by atoms with E-state index in [1.807, 2.05) is 6.07 Å². The van der Waals surface area contributed by atoms with E-state index in [2.05, 4.69) is 14.9 Å². The molecule has 18 heavy (non-hydrogen) atoms. The van der Waals surface area contributed by atoms with Gasteiger partial charge in [-0.2, -0.15) is 4.98 Å². The molecular weight excluding hydrogens is 252 g/mol. The fraction of sp³-hybridized carbons (Fsp3) is 0.333. The molecule has 3 rings (SSSR count). The normalized spacial score (nSPS) is 16.2. The quantitative estimate of drug-likeness (QED) is 0.849. The van der Waals surface area contributed by atoms with Crippen molar-refractivity contribution in [3.63, 3.8) is 0 Å². The van der Waals surface area contributed by atoms with Crippen LogP contribution in [0.2, 0.25) is 5.02 Å². The van der Waals surface area contributed by atoms with Crippen molar-refractivity contribution in [3.05, 3.63) is 23.2 Å². The highest BCUT2D eigenvalue weighted by Gasteiger charge is 2.15. The van der Waals surface area contributed by atoms with E-state index in [0.29, 0.717) is 30.0 Å². The second kappa shape index (κ2) is 4.59. The molecule has 1 aliphatic heterocycles. The summed E-state index contributed by atoms with van der Waals surface area (Å²) in [5, 5.41) is 1.48. The van der Waals surface area contributed by atoms with Gasteiger partial charge in [0, 0.05) is 23.5 Å². The Bertz CT molecular complexity index is 584. The highest BCUT2D eigenvalue weighted by atomic mass is 35.5. The smallest absolute Gasteiger partial charge is 0.228 e. The van der Waals surface area contributed by atoms with Gasteiger partial charge in [-0.25, -0.2) is 4.98 Å². The van der Waals surface area contributed by atoms with Crippen LogP contribution in [-0.2, 0) is 4.74 Å². The van der Waals surface area contributed by atoms with E-state index in [1.165, 1.54) is 0 Å². The van der Waals surface area contributed by atoms with Crippen LogP contribution < -0.4 is 10.6 Å².